The number of nitrogens with zero attached hydrogens (tertiary/aromatic N) is 2. The van der Waals surface area contributed by atoms with E-state index in [0.717, 1.165) is 35.5 Å². The van der Waals surface area contributed by atoms with Crippen molar-refractivity contribution in [2.24, 2.45) is 0 Å². The Bertz CT molecular complexity index is 1070. The van der Waals surface area contributed by atoms with Gasteiger partial charge in [0.2, 0.25) is 0 Å². The van der Waals surface area contributed by atoms with Gasteiger partial charge in [0.15, 0.2) is 0 Å². The third kappa shape index (κ3) is 5.33. The first-order valence-corrected chi connectivity index (χ1v) is 12.0. The van der Waals surface area contributed by atoms with Gasteiger partial charge in [0.05, 0.1) is 17.7 Å². The van der Waals surface area contributed by atoms with Crippen LogP contribution in [0.5, 0.6) is 5.75 Å². The van der Waals surface area contributed by atoms with Crippen LogP contribution in [-0.2, 0) is 9.59 Å². The maximum absolute atomic E-state index is 13.2. The highest BCUT2D eigenvalue weighted by atomic mass is 16.5. The van der Waals surface area contributed by atoms with Crippen molar-refractivity contribution >= 4 is 17.4 Å². The van der Waals surface area contributed by atoms with E-state index in [1.54, 1.807) is 23.1 Å². The molecule has 0 bridgehead atoms. The minimum Gasteiger partial charge on any atom is -0.507 e. The Balaban J connectivity index is 2.08. The Kier molecular flexibility index (Phi) is 8.15. The lowest BCUT2D eigenvalue weighted by atomic mass is 9.94. The second kappa shape index (κ2) is 10.9. The molecule has 182 valence electrons. The van der Waals surface area contributed by atoms with Crippen LogP contribution in [-0.4, -0.2) is 58.9 Å². The van der Waals surface area contributed by atoms with Gasteiger partial charge in [-0.1, -0.05) is 43.7 Å². The van der Waals surface area contributed by atoms with E-state index < -0.39 is 17.7 Å². The zero-order chi connectivity index (χ0) is 25.0. The molecule has 3 rings (SSSR count). The summed E-state index contributed by atoms with van der Waals surface area (Å²) in [7, 11) is 0. The van der Waals surface area contributed by atoms with Gasteiger partial charge in [0.25, 0.3) is 11.7 Å². The van der Waals surface area contributed by atoms with Crippen molar-refractivity contribution in [3.8, 4) is 5.75 Å². The van der Waals surface area contributed by atoms with E-state index in [4.69, 9.17) is 4.74 Å². The van der Waals surface area contributed by atoms with E-state index in [1.807, 2.05) is 52.0 Å². The summed E-state index contributed by atoms with van der Waals surface area (Å²) in [5, 5.41) is 11.3. The molecule has 1 aliphatic rings. The van der Waals surface area contributed by atoms with Gasteiger partial charge in [-0.2, -0.15) is 0 Å². The molecule has 0 spiro atoms. The normalized spacial score (nSPS) is 17.8. The lowest BCUT2D eigenvalue weighted by Crippen LogP contribution is -2.38. The highest BCUT2D eigenvalue weighted by molar-refractivity contribution is 6.46. The second-order valence-electron chi connectivity index (χ2n) is 9.08. The van der Waals surface area contributed by atoms with Gasteiger partial charge >= 0.3 is 0 Å². The van der Waals surface area contributed by atoms with Crippen LogP contribution in [0.15, 0.2) is 48.0 Å². The van der Waals surface area contributed by atoms with Gasteiger partial charge in [0.1, 0.15) is 11.5 Å². The fourth-order valence-corrected chi connectivity index (χ4v) is 4.33. The summed E-state index contributed by atoms with van der Waals surface area (Å²) >= 11 is 0. The van der Waals surface area contributed by atoms with Crippen LogP contribution in [0.2, 0.25) is 0 Å². The van der Waals surface area contributed by atoms with Gasteiger partial charge in [-0.3, -0.25) is 9.59 Å². The number of hydrogen-bond acceptors (Lipinski definition) is 5. The molecule has 6 nitrogen and oxygen atoms in total. The minimum atomic E-state index is -0.650. The average Bonchev–Trinajstić information content (AvgIpc) is 3.05. The van der Waals surface area contributed by atoms with E-state index in [0.29, 0.717) is 18.7 Å². The van der Waals surface area contributed by atoms with Crippen molar-refractivity contribution in [3.05, 3.63) is 70.3 Å². The molecule has 0 aliphatic carbocycles. The Morgan fingerprint density at radius 1 is 1.06 bits per heavy atom. The third-order valence-corrected chi connectivity index (χ3v) is 6.30. The maximum Gasteiger partial charge on any atom is 0.295 e. The van der Waals surface area contributed by atoms with Crippen molar-refractivity contribution in [2.45, 2.75) is 53.7 Å². The monoisotopic (exact) mass is 464 g/mol. The molecule has 1 amide bonds. The van der Waals surface area contributed by atoms with Crippen LogP contribution in [0.3, 0.4) is 0 Å². The number of hydrogen-bond donors (Lipinski definition) is 1. The number of aliphatic hydroxyl groups excluding tert-OH is 1. The molecule has 0 aromatic heterocycles. The molecule has 1 heterocycles. The lowest BCUT2D eigenvalue weighted by molar-refractivity contribution is -0.140. The smallest absolute Gasteiger partial charge is 0.295 e. The highest BCUT2D eigenvalue weighted by Crippen LogP contribution is 2.39. The van der Waals surface area contributed by atoms with E-state index in [1.165, 1.54) is 0 Å². The van der Waals surface area contributed by atoms with Crippen LogP contribution in [0.25, 0.3) is 5.76 Å². The predicted molar refractivity (Wildman–Crippen MR) is 135 cm³/mol. The number of ether oxygens (including phenoxy) is 1. The fraction of sp³-hybridized carbons (Fsp3) is 0.429. The number of likely N-dealkylation sites (tertiary alicyclic amines) is 1. The molecular formula is C28H36N2O4. The Morgan fingerprint density at radius 3 is 2.26 bits per heavy atom. The average molecular weight is 465 g/mol. The van der Waals surface area contributed by atoms with Crippen molar-refractivity contribution in [1.82, 2.24) is 9.80 Å². The fourth-order valence-electron chi connectivity index (χ4n) is 4.33. The molecule has 1 unspecified atom stereocenters. The first-order valence-electron chi connectivity index (χ1n) is 12.0. The number of rotatable bonds is 9. The number of amides is 1. The number of aliphatic hydroxyl groups is 1. The largest absolute Gasteiger partial charge is 0.507 e. The minimum absolute atomic E-state index is 0.0239. The van der Waals surface area contributed by atoms with E-state index >= 15 is 0 Å². The predicted octanol–water partition coefficient (Wildman–Crippen LogP) is 4.85. The Labute approximate surface area is 202 Å². The summed E-state index contributed by atoms with van der Waals surface area (Å²) in [6, 6.07) is 12.5. The van der Waals surface area contributed by atoms with Crippen molar-refractivity contribution in [2.75, 3.05) is 26.2 Å². The number of carbonyl (C=O) groups excluding carboxylic acids is 2. The maximum atomic E-state index is 13.2. The number of likely N-dealkylation sites (N-methyl/N-ethyl adjacent to an activating group) is 1. The number of ketones is 1. The summed E-state index contributed by atoms with van der Waals surface area (Å²) in [5.41, 5.74) is 3.36. The first-order chi connectivity index (χ1) is 16.2. The van der Waals surface area contributed by atoms with E-state index in [2.05, 4.69) is 18.7 Å². The number of carbonyl (C=O) groups is 2. The third-order valence-electron chi connectivity index (χ3n) is 6.30. The zero-order valence-electron chi connectivity index (χ0n) is 21.1. The number of benzene rings is 2. The molecule has 1 atom stereocenters. The molecule has 2 aromatic rings. The van der Waals surface area contributed by atoms with E-state index in [-0.39, 0.29) is 17.4 Å². The topological polar surface area (TPSA) is 70.1 Å². The summed E-state index contributed by atoms with van der Waals surface area (Å²) in [6.07, 6.45) is 0.0239. The Hall–Kier alpha value is -3.12. The van der Waals surface area contributed by atoms with Gasteiger partial charge in [-0.25, -0.2) is 0 Å². The molecule has 1 aliphatic heterocycles. The zero-order valence-corrected chi connectivity index (χ0v) is 21.1. The molecule has 1 saturated heterocycles. The van der Waals surface area contributed by atoms with Crippen LogP contribution < -0.4 is 4.74 Å². The first kappa shape index (κ1) is 25.5. The molecule has 0 saturated carbocycles. The van der Waals surface area contributed by atoms with Crippen LogP contribution in [0, 0.1) is 13.8 Å². The molecule has 2 aromatic carbocycles. The van der Waals surface area contributed by atoms with Gasteiger partial charge < -0.3 is 19.6 Å². The lowest BCUT2D eigenvalue weighted by Gasteiger charge is -2.28. The molecule has 1 N–H and O–H groups in total. The molecular weight excluding hydrogens is 428 g/mol. The highest BCUT2D eigenvalue weighted by Gasteiger charge is 2.45. The molecule has 6 heteroatoms. The van der Waals surface area contributed by atoms with Crippen molar-refractivity contribution in [3.63, 3.8) is 0 Å². The van der Waals surface area contributed by atoms with Crippen molar-refractivity contribution < 1.29 is 19.4 Å². The standard InChI is InChI=1S/C28H36N2O4/c1-7-29(8-2)15-16-30-25(21-11-9-19(5)10-12-21)24(27(32)28(30)33)26(31)22-13-14-23(20(6)17-22)34-18(3)4/h9-14,17-18,25,31H,7-8,15-16H2,1-6H3/b26-24-. The Morgan fingerprint density at radius 2 is 1.71 bits per heavy atom. The van der Waals surface area contributed by atoms with Crippen molar-refractivity contribution in [1.29, 1.82) is 0 Å². The molecule has 0 radical (unpaired) electrons. The SMILES string of the molecule is CCN(CC)CCN1C(=O)C(=O)/C(=C(\O)c2ccc(OC(C)C)c(C)c2)C1c1ccc(C)cc1. The molecule has 1 fully saturated rings. The van der Waals surface area contributed by atoms with Crippen LogP contribution in [0.1, 0.15) is 56.0 Å². The van der Waals surface area contributed by atoms with Gasteiger partial charge in [-0.15, -0.1) is 0 Å². The number of aryl methyl sites for hydroxylation is 2. The summed E-state index contributed by atoms with van der Waals surface area (Å²) in [6.45, 7) is 14.7. The van der Waals surface area contributed by atoms with Crippen LogP contribution >= 0.6 is 0 Å². The second-order valence-corrected chi connectivity index (χ2v) is 9.08. The molecule has 34 heavy (non-hydrogen) atoms. The number of Topliss-reactive ketones (excluding diaryl/α,β-unsaturated/α-hetero) is 1. The van der Waals surface area contributed by atoms with E-state index in [9.17, 15) is 14.7 Å². The van der Waals surface area contributed by atoms with Crippen LogP contribution in [0.4, 0.5) is 0 Å². The summed E-state index contributed by atoms with van der Waals surface area (Å²) in [4.78, 5) is 30.1. The summed E-state index contributed by atoms with van der Waals surface area (Å²) in [5.74, 6) is -0.659. The van der Waals surface area contributed by atoms with Gasteiger partial charge in [-0.05, 0) is 70.1 Å². The summed E-state index contributed by atoms with van der Waals surface area (Å²) < 4.78 is 5.81. The van der Waals surface area contributed by atoms with Gasteiger partial charge in [0, 0.05) is 18.7 Å². The quantitative estimate of drug-likeness (QED) is 0.326.